The molecule has 2 heterocycles. The summed E-state index contributed by atoms with van der Waals surface area (Å²) in [6.45, 7) is 4.54. The highest BCUT2D eigenvalue weighted by atomic mass is 19.1. The summed E-state index contributed by atoms with van der Waals surface area (Å²) in [5, 5.41) is 2.90. The number of hydrogen-bond donors (Lipinski definition) is 3. The number of aromatic amines is 2. The first-order valence-corrected chi connectivity index (χ1v) is 9.28. The van der Waals surface area contributed by atoms with Gasteiger partial charge in [-0.15, -0.1) is 0 Å². The molecule has 146 valence electrons. The molecule has 0 bridgehead atoms. The monoisotopic (exact) mass is 383 g/mol. The van der Waals surface area contributed by atoms with Gasteiger partial charge in [-0.05, 0) is 37.3 Å². The molecule has 1 aliphatic heterocycles. The summed E-state index contributed by atoms with van der Waals surface area (Å²) in [5.74, 6) is -0.337. The van der Waals surface area contributed by atoms with Crippen LogP contribution in [0.4, 0.5) is 15.8 Å². The zero-order chi connectivity index (χ0) is 19.7. The number of amides is 1. The lowest BCUT2D eigenvalue weighted by Crippen LogP contribution is -2.53. The zero-order valence-corrected chi connectivity index (χ0v) is 15.5. The number of benzene rings is 2. The average Bonchev–Trinajstić information content (AvgIpc) is 3.07. The fourth-order valence-electron chi connectivity index (χ4n) is 3.58. The van der Waals surface area contributed by atoms with Crippen LogP contribution in [0.3, 0.4) is 0 Å². The van der Waals surface area contributed by atoms with Crippen LogP contribution in [0.25, 0.3) is 11.0 Å². The Morgan fingerprint density at radius 3 is 2.54 bits per heavy atom. The number of halogens is 1. The van der Waals surface area contributed by atoms with Gasteiger partial charge in [0, 0.05) is 31.9 Å². The van der Waals surface area contributed by atoms with Gasteiger partial charge in [0.2, 0.25) is 5.91 Å². The van der Waals surface area contributed by atoms with Crippen molar-refractivity contribution in [1.82, 2.24) is 14.9 Å². The maximum atomic E-state index is 14.0. The molecule has 3 N–H and O–H groups in total. The van der Waals surface area contributed by atoms with E-state index >= 15 is 0 Å². The van der Waals surface area contributed by atoms with Gasteiger partial charge >= 0.3 is 5.69 Å². The minimum atomic E-state index is -0.316. The molecular formula is C20H22FN5O2. The highest BCUT2D eigenvalue weighted by Gasteiger charge is 2.26. The third kappa shape index (κ3) is 3.63. The molecule has 1 fully saturated rings. The first-order chi connectivity index (χ1) is 13.5. The number of piperazine rings is 1. The first kappa shape index (κ1) is 18.2. The van der Waals surface area contributed by atoms with Crippen molar-refractivity contribution in [2.75, 3.05) is 36.4 Å². The smallest absolute Gasteiger partial charge is 0.323 e. The van der Waals surface area contributed by atoms with Crippen LogP contribution in [0.15, 0.2) is 47.3 Å². The van der Waals surface area contributed by atoms with E-state index in [1.165, 1.54) is 6.07 Å². The second-order valence-electron chi connectivity index (χ2n) is 6.98. The first-order valence-electron chi connectivity index (χ1n) is 9.28. The summed E-state index contributed by atoms with van der Waals surface area (Å²) in [6.07, 6.45) is 0. The number of para-hydroxylation sites is 1. The summed E-state index contributed by atoms with van der Waals surface area (Å²) in [4.78, 5) is 33.5. The van der Waals surface area contributed by atoms with Crippen molar-refractivity contribution in [3.63, 3.8) is 0 Å². The number of fused-ring (bicyclic) bond motifs is 1. The topological polar surface area (TPSA) is 84.2 Å². The van der Waals surface area contributed by atoms with Gasteiger partial charge in [0.1, 0.15) is 5.82 Å². The Bertz CT molecular complexity index is 1050. The number of rotatable bonds is 4. The maximum Gasteiger partial charge on any atom is 0.323 e. The van der Waals surface area contributed by atoms with Gasteiger partial charge in [-0.3, -0.25) is 9.69 Å². The summed E-state index contributed by atoms with van der Waals surface area (Å²) >= 11 is 0. The van der Waals surface area contributed by atoms with E-state index in [1.54, 1.807) is 30.3 Å². The van der Waals surface area contributed by atoms with Crippen molar-refractivity contribution < 1.29 is 9.18 Å². The van der Waals surface area contributed by atoms with Crippen LogP contribution in [0.1, 0.15) is 6.92 Å². The largest absolute Gasteiger partial charge is 0.367 e. The number of nitrogens with one attached hydrogen (secondary N) is 3. The maximum absolute atomic E-state index is 14.0. The molecule has 1 amide bonds. The molecule has 4 rings (SSSR count). The highest BCUT2D eigenvalue weighted by molar-refractivity contribution is 5.96. The Labute approximate surface area is 161 Å². The standard InChI is InChI=1S/C20H22FN5O2/c1-13(19(27)22-14-6-7-16-17(12-14)24-20(28)23-16)25-8-10-26(11-9-25)18-5-3-2-4-15(18)21/h2-7,12-13H,8-11H2,1H3,(H,22,27)(H2,23,24,28). The van der Waals surface area contributed by atoms with Crippen molar-refractivity contribution in [2.45, 2.75) is 13.0 Å². The fourth-order valence-corrected chi connectivity index (χ4v) is 3.58. The number of aromatic nitrogens is 2. The molecule has 1 atom stereocenters. The normalized spacial score (nSPS) is 16.3. The van der Waals surface area contributed by atoms with E-state index in [1.807, 2.05) is 17.9 Å². The predicted molar refractivity (Wildman–Crippen MR) is 107 cm³/mol. The number of carbonyl (C=O) groups excluding carboxylic acids is 1. The van der Waals surface area contributed by atoms with Gasteiger partial charge in [0.05, 0.1) is 22.8 Å². The number of carbonyl (C=O) groups is 1. The average molecular weight is 383 g/mol. The van der Waals surface area contributed by atoms with Gasteiger partial charge in [0.25, 0.3) is 0 Å². The van der Waals surface area contributed by atoms with E-state index in [9.17, 15) is 14.0 Å². The molecule has 2 aromatic carbocycles. The number of anilines is 2. The van der Waals surface area contributed by atoms with Crippen LogP contribution in [-0.2, 0) is 4.79 Å². The van der Waals surface area contributed by atoms with Crippen LogP contribution in [0.5, 0.6) is 0 Å². The molecule has 7 nitrogen and oxygen atoms in total. The number of hydrogen-bond acceptors (Lipinski definition) is 4. The van der Waals surface area contributed by atoms with Gasteiger partial charge in [-0.25, -0.2) is 9.18 Å². The van der Waals surface area contributed by atoms with Crippen molar-refractivity contribution in [3.8, 4) is 0 Å². The summed E-state index contributed by atoms with van der Waals surface area (Å²) in [7, 11) is 0. The third-order valence-corrected chi connectivity index (χ3v) is 5.22. The van der Waals surface area contributed by atoms with Crippen molar-refractivity contribution >= 4 is 28.3 Å². The Morgan fingerprint density at radius 1 is 1.07 bits per heavy atom. The molecule has 1 aliphatic rings. The number of H-pyrrole nitrogens is 2. The minimum absolute atomic E-state index is 0.114. The summed E-state index contributed by atoms with van der Waals surface area (Å²) in [6, 6.07) is 11.7. The van der Waals surface area contributed by atoms with Crippen LogP contribution < -0.4 is 15.9 Å². The molecule has 3 aromatic rings. The van der Waals surface area contributed by atoms with E-state index in [2.05, 4.69) is 20.2 Å². The summed E-state index contributed by atoms with van der Waals surface area (Å²) in [5.41, 5.74) is 2.30. The molecule has 1 unspecified atom stereocenters. The number of nitrogens with zero attached hydrogens (tertiary/aromatic N) is 2. The molecule has 8 heteroatoms. The van der Waals surface area contributed by atoms with E-state index in [-0.39, 0.29) is 23.5 Å². The minimum Gasteiger partial charge on any atom is -0.367 e. The van der Waals surface area contributed by atoms with E-state index < -0.39 is 0 Å². The quantitative estimate of drug-likeness (QED) is 0.645. The SMILES string of the molecule is CC(C(=O)Nc1ccc2[nH]c(=O)[nH]c2c1)N1CCN(c2ccccc2F)CC1. The van der Waals surface area contributed by atoms with E-state index in [4.69, 9.17) is 0 Å². The van der Waals surface area contributed by atoms with Gasteiger partial charge in [-0.1, -0.05) is 12.1 Å². The van der Waals surface area contributed by atoms with Gasteiger partial charge < -0.3 is 20.2 Å². The lowest BCUT2D eigenvalue weighted by atomic mass is 10.2. The van der Waals surface area contributed by atoms with Gasteiger partial charge in [-0.2, -0.15) is 0 Å². The van der Waals surface area contributed by atoms with Gasteiger partial charge in [0.15, 0.2) is 0 Å². The van der Waals surface area contributed by atoms with E-state index in [0.717, 1.165) is 0 Å². The lowest BCUT2D eigenvalue weighted by molar-refractivity contribution is -0.120. The molecule has 1 saturated heterocycles. The zero-order valence-electron chi connectivity index (χ0n) is 15.5. The third-order valence-electron chi connectivity index (χ3n) is 5.22. The summed E-state index contributed by atoms with van der Waals surface area (Å²) < 4.78 is 14.0. The van der Waals surface area contributed by atoms with Crippen molar-refractivity contribution in [1.29, 1.82) is 0 Å². The Balaban J connectivity index is 1.37. The molecule has 28 heavy (non-hydrogen) atoms. The Hall–Kier alpha value is -3.13. The second-order valence-corrected chi connectivity index (χ2v) is 6.98. The molecule has 0 aliphatic carbocycles. The van der Waals surface area contributed by atoms with Crippen LogP contribution in [0, 0.1) is 5.82 Å². The molecular weight excluding hydrogens is 361 g/mol. The second kappa shape index (κ2) is 7.47. The van der Waals surface area contributed by atoms with Crippen LogP contribution in [0.2, 0.25) is 0 Å². The Kier molecular flexibility index (Phi) is 4.87. The van der Waals surface area contributed by atoms with Crippen molar-refractivity contribution in [2.24, 2.45) is 0 Å². The lowest BCUT2D eigenvalue weighted by Gasteiger charge is -2.38. The van der Waals surface area contributed by atoms with E-state index in [0.29, 0.717) is 48.6 Å². The van der Waals surface area contributed by atoms with Crippen molar-refractivity contribution in [3.05, 3.63) is 58.8 Å². The molecule has 1 aromatic heterocycles. The van der Waals surface area contributed by atoms with Crippen LogP contribution in [-0.4, -0.2) is 53.0 Å². The molecule has 0 spiro atoms. The highest BCUT2D eigenvalue weighted by Crippen LogP contribution is 2.21. The predicted octanol–water partition coefficient (Wildman–Crippen LogP) is 2.14. The fraction of sp³-hybridized carbons (Fsp3) is 0.300. The number of imidazole rings is 1. The van der Waals surface area contributed by atoms with Crippen LogP contribution >= 0.6 is 0 Å². The molecule has 0 radical (unpaired) electrons. The Morgan fingerprint density at radius 2 is 1.79 bits per heavy atom. The molecule has 0 saturated carbocycles.